The lowest BCUT2D eigenvalue weighted by molar-refractivity contribution is -0.506. The summed E-state index contributed by atoms with van der Waals surface area (Å²) in [4.78, 5) is 0. The van der Waals surface area contributed by atoms with Gasteiger partial charge in [-0.3, -0.25) is 4.74 Å². The first kappa shape index (κ1) is 45.9. The molecule has 0 radical (unpaired) electrons. The average molecular weight is 851 g/mol. The molecule has 2 saturated heterocycles. The molecule has 2 rings (SSSR count). The van der Waals surface area contributed by atoms with Crippen LogP contribution in [-0.2, 0) is 43.9 Å². The Morgan fingerprint density at radius 1 is 0.740 bits per heavy atom. The number of hydrogen-bond acceptors (Lipinski definition) is 10. The van der Waals surface area contributed by atoms with Gasteiger partial charge in [0.15, 0.2) is 0 Å². The van der Waals surface area contributed by atoms with E-state index in [1.807, 2.05) is 0 Å². The Bertz CT molecular complexity index is 1120. The molecule has 50 heavy (non-hydrogen) atoms. The topological polar surface area (TPSA) is 95.6 Å². The molecule has 0 bridgehead atoms. The van der Waals surface area contributed by atoms with Crippen LogP contribution < -0.4 is 0 Å². The molecular formula is C22H39F13O10Si5. The minimum Gasteiger partial charge on any atom is -0.418 e. The van der Waals surface area contributed by atoms with Gasteiger partial charge in [0.1, 0.15) is 6.10 Å². The van der Waals surface area contributed by atoms with E-state index in [1.165, 1.54) is 34.4 Å². The van der Waals surface area contributed by atoms with E-state index in [-0.39, 0.29) is 43.9 Å². The molecular weight excluding hydrogens is 812 g/mol. The van der Waals surface area contributed by atoms with Gasteiger partial charge in [0.25, 0.3) is 0 Å². The van der Waals surface area contributed by atoms with Gasteiger partial charge >= 0.3 is 79.9 Å². The highest BCUT2D eigenvalue weighted by Crippen LogP contribution is 2.56. The highest BCUT2D eigenvalue weighted by atomic mass is 28.5. The molecule has 28 heteroatoms. The van der Waals surface area contributed by atoms with E-state index in [2.05, 4.69) is 4.74 Å². The van der Waals surface area contributed by atoms with Gasteiger partial charge in [-0.15, -0.1) is 0 Å². The van der Waals surface area contributed by atoms with Gasteiger partial charge in [0, 0.05) is 34.0 Å². The summed E-state index contributed by atoms with van der Waals surface area (Å²) >= 11 is 0. The van der Waals surface area contributed by atoms with Gasteiger partial charge in [-0.05, 0) is 44.7 Å². The van der Waals surface area contributed by atoms with Crippen molar-refractivity contribution < 1.29 is 101 Å². The lowest BCUT2D eigenvalue weighted by atomic mass is 10.1. The van der Waals surface area contributed by atoms with E-state index >= 15 is 13.2 Å². The van der Waals surface area contributed by atoms with Crippen LogP contribution in [0.3, 0.4) is 0 Å². The highest BCUT2D eigenvalue weighted by molar-refractivity contribution is 6.90. The Hall–Kier alpha value is -0.226. The molecule has 0 aromatic rings. The molecule has 298 valence electrons. The minimum absolute atomic E-state index is 0.0276. The van der Waals surface area contributed by atoms with Gasteiger partial charge < -0.3 is 39.2 Å². The molecule has 0 amide bonds. The lowest BCUT2D eigenvalue weighted by Gasteiger charge is -2.48. The third-order valence-electron chi connectivity index (χ3n) is 7.51. The maximum absolute atomic E-state index is 15.5. The summed E-state index contributed by atoms with van der Waals surface area (Å²) in [6.45, 7) is 5.45. The van der Waals surface area contributed by atoms with Crippen molar-refractivity contribution in [1.82, 2.24) is 0 Å². The molecule has 2 aliphatic heterocycles. The number of epoxide rings is 1. The van der Waals surface area contributed by atoms with Crippen LogP contribution in [0.5, 0.6) is 0 Å². The largest absolute Gasteiger partial charge is 0.500 e. The molecule has 2 heterocycles. The molecule has 0 N–H and O–H groups in total. The van der Waals surface area contributed by atoms with E-state index in [4.69, 9.17) is 39.2 Å². The van der Waals surface area contributed by atoms with Gasteiger partial charge in [0.2, 0.25) is 0 Å². The smallest absolute Gasteiger partial charge is 0.418 e. The molecule has 6 atom stereocenters. The molecule has 0 saturated carbocycles. The summed E-state index contributed by atoms with van der Waals surface area (Å²) in [7, 11) is -15.3. The summed E-state index contributed by atoms with van der Waals surface area (Å²) in [6.07, 6.45) is -22.1. The van der Waals surface area contributed by atoms with Crippen LogP contribution in [0.25, 0.3) is 0 Å². The van der Waals surface area contributed by atoms with Crippen LogP contribution in [0.1, 0.15) is 6.42 Å². The van der Waals surface area contributed by atoms with Crippen molar-refractivity contribution in [3.8, 4) is 0 Å². The van der Waals surface area contributed by atoms with E-state index in [9.17, 15) is 43.9 Å². The monoisotopic (exact) mass is 850 g/mol. The Kier molecular flexibility index (Phi) is 14.6. The maximum atomic E-state index is 15.5. The van der Waals surface area contributed by atoms with Crippen LogP contribution in [0, 0.1) is 0 Å². The van der Waals surface area contributed by atoms with Crippen molar-refractivity contribution in [2.75, 3.05) is 41.2 Å². The summed E-state index contributed by atoms with van der Waals surface area (Å²) < 4.78 is 233. The maximum Gasteiger partial charge on any atom is 0.500 e. The normalized spacial score (nSPS) is 30.5. The fourth-order valence-electron chi connectivity index (χ4n) is 5.07. The number of hydrogen-bond donors (Lipinski definition) is 0. The molecule has 2 aliphatic rings. The van der Waals surface area contributed by atoms with Crippen molar-refractivity contribution in [2.24, 2.45) is 0 Å². The highest BCUT2D eigenvalue weighted by Gasteiger charge is 2.83. The predicted octanol–water partition coefficient (Wildman–Crippen LogP) is 6.49. The fraction of sp³-hybridized carbons (Fsp3) is 1.00. The van der Waals surface area contributed by atoms with Crippen molar-refractivity contribution in [3.63, 3.8) is 0 Å². The van der Waals surface area contributed by atoms with Crippen molar-refractivity contribution in [1.29, 1.82) is 0 Å². The third kappa shape index (κ3) is 10.9. The van der Waals surface area contributed by atoms with E-state index in [1.54, 1.807) is 6.55 Å². The summed E-state index contributed by atoms with van der Waals surface area (Å²) in [5, 5.41) is 0. The van der Waals surface area contributed by atoms with Crippen molar-refractivity contribution >= 4 is 43.8 Å². The Balaban J connectivity index is 2.51. The first-order valence-corrected chi connectivity index (χ1v) is 26.3. The molecule has 0 aromatic carbocycles. The second-order valence-electron chi connectivity index (χ2n) is 12.0. The van der Waals surface area contributed by atoms with Crippen LogP contribution >= 0.6 is 0 Å². The fourth-order valence-corrected chi connectivity index (χ4v) is 28.7. The Morgan fingerprint density at radius 3 is 1.70 bits per heavy atom. The second-order valence-corrected chi connectivity index (χ2v) is 27.9. The number of halogens is 13. The first-order valence-electron chi connectivity index (χ1n) is 14.7. The summed E-state index contributed by atoms with van der Waals surface area (Å²) in [5.41, 5.74) is 0. The lowest BCUT2D eigenvalue weighted by Crippen LogP contribution is -2.68. The molecule has 2 fully saturated rings. The Labute approximate surface area is 285 Å². The standard InChI is InChI=1S/C22H39F13O10Si5/c1-36-50(37-2,38-3)12-11-47(5)42-46(4)43-49(7,45-48(6,44-47)10-8-9-39-13-16-14-40-16)15-17(23,24)19(27,21(31,32)33)41-22(34,35)18(25,26)20(28,29)30/h16,46H,8-15H2,1-7H3. The molecule has 6 unspecified atom stereocenters. The third-order valence-corrected chi connectivity index (χ3v) is 27.8. The number of rotatable bonds is 18. The van der Waals surface area contributed by atoms with Crippen LogP contribution in [-0.4, -0.2) is 127 Å². The predicted molar refractivity (Wildman–Crippen MR) is 155 cm³/mol. The Morgan fingerprint density at radius 2 is 1.24 bits per heavy atom. The van der Waals surface area contributed by atoms with Gasteiger partial charge in [-0.25, -0.2) is 0 Å². The zero-order valence-electron chi connectivity index (χ0n) is 27.8. The van der Waals surface area contributed by atoms with Crippen molar-refractivity contribution in [3.05, 3.63) is 0 Å². The quantitative estimate of drug-likeness (QED) is 0.0660. The van der Waals surface area contributed by atoms with E-state index in [0.29, 0.717) is 13.2 Å². The molecule has 0 spiro atoms. The zero-order chi connectivity index (χ0) is 38.9. The van der Waals surface area contributed by atoms with Gasteiger partial charge in [0.05, 0.1) is 19.3 Å². The van der Waals surface area contributed by atoms with E-state index < -0.39 is 86.0 Å². The van der Waals surface area contributed by atoms with E-state index in [0.717, 1.165) is 0 Å². The van der Waals surface area contributed by atoms with Crippen molar-refractivity contribution in [2.45, 2.75) is 99.1 Å². The molecule has 10 nitrogen and oxygen atoms in total. The molecule has 0 aliphatic carbocycles. The second kappa shape index (κ2) is 15.9. The average Bonchev–Trinajstić information content (AvgIpc) is 3.75. The molecule has 0 aromatic heterocycles. The van der Waals surface area contributed by atoms with Crippen LogP contribution in [0.4, 0.5) is 57.1 Å². The summed E-state index contributed by atoms with van der Waals surface area (Å²) in [6, 6.07) is -2.54. The van der Waals surface area contributed by atoms with Gasteiger partial charge in [-0.1, -0.05) is 0 Å². The zero-order valence-corrected chi connectivity index (χ0v) is 33.0. The summed E-state index contributed by atoms with van der Waals surface area (Å²) in [5.74, 6) is -20.9. The number of alkyl halides is 13. The number of ether oxygens (including phenoxy) is 3. The minimum atomic E-state index is -7.53. The SMILES string of the molecule is CO[Si](CC[Si]1(C)O[SiH](C)O[Si](C)(CC(F)(F)C(F)(OC(F)(F)C(F)(F)C(F)(F)F)C(F)(F)F)O[Si](C)(CCCOCC2CO2)O1)(OC)OC. The van der Waals surface area contributed by atoms with Crippen LogP contribution in [0.2, 0.25) is 50.4 Å². The van der Waals surface area contributed by atoms with Gasteiger partial charge in [-0.2, -0.15) is 57.1 Å². The van der Waals surface area contributed by atoms with Crippen LogP contribution in [0.15, 0.2) is 0 Å². The first-order chi connectivity index (χ1) is 22.4.